The number of thioether (sulfide) groups is 1. The average molecular weight is 234 g/mol. The van der Waals surface area contributed by atoms with Crippen LogP contribution in [0.2, 0.25) is 0 Å². The molecular formula is C12H14N2OS. The normalized spacial score (nSPS) is 12.9. The molecule has 2 rings (SSSR count). The number of H-pyrrole nitrogens is 1. The Morgan fingerprint density at radius 3 is 2.94 bits per heavy atom. The highest BCUT2D eigenvalue weighted by Gasteiger charge is 2.06. The molecule has 0 saturated carbocycles. The minimum atomic E-state index is -0.0589. The third-order valence-electron chi connectivity index (χ3n) is 2.48. The van der Waals surface area contributed by atoms with Gasteiger partial charge in [0.2, 0.25) is 0 Å². The first kappa shape index (κ1) is 11.2. The number of hydrogen-bond donors (Lipinski definition) is 1. The SMILES string of the molecule is CC[C@@H](C)Sc1nc2ccccc2c(=O)[nH]1. The number of hydrogen-bond acceptors (Lipinski definition) is 3. The molecule has 0 unspecified atom stereocenters. The first-order valence-corrected chi connectivity index (χ1v) is 6.24. The topological polar surface area (TPSA) is 45.8 Å². The molecule has 0 amide bonds. The highest BCUT2D eigenvalue weighted by atomic mass is 32.2. The standard InChI is InChI=1S/C12H14N2OS/c1-3-8(2)16-12-13-10-7-5-4-6-9(10)11(15)14-12/h4-8H,3H2,1-2H3,(H,13,14,15)/t8-/m1/s1. The van der Waals surface area contributed by atoms with Gasteiger partial charge in [-0.05, 0) is 18.6 Å². The van der Waals surface area contributed by atoms with Gasteiger partial charge in [0, 0.05) is 5.25 Å². The quantitative estimate of drug-likeness (QED) is 0.656. The summed E-state index contributed by atoms with van der Waals surface area (Å²) >= 11 is 1.61. The molecule has 0 fully saturated rings. The summed E-state index contributed by atoms with van der Waals surface area (Å²) in [6.45, 7) is 4.25. The fourth-order valence-electron chi connectivity index (χ4n) is 1.39. The molecule has 84 valence electrons. The van der Waals surface area contributed by atoms with Crippen LogP contribution >= 0.6 is 11.8 Å². The van der Waals surface area contributed by atoms with Gasteiger partial charge in [-0.2, -0.15) is 0 Å². The molecule has 1 N–H and O–H groups in total. The fraction of sp³-hybridized carbons (Fsp3) is 0.333. The third kappa shape index (κ3) is 2.27. The molecule has 0 bridgehead atoms. The molecular weight excluding hydrogens is 220 g/mol. The molecule has 0 spiro atoms. The second kappa shape index (κ2) is 4.70. The van der Waals surface area contributed by atoms with Gasteiger partial charge in [-0.3, -0.25) is 4.79 Å². The minimum absolute atomic E-state index is 0.0589. The maximum atomic E-state index is 11.8. The number of nitrogens with zero attached hydrogens (tertiary/aromatic N) is 1. The van der Waals surface area contributed by atoms with Crippen molar-refractivity contribution in [3.63, 3.8) is 0 Å². The molecule has 2 aromatic rings. The summed E-state index contributed by atoms with van der Waals surface area (Å²) in [7, 11) is 0. The lowest BCUT2D eigenvalue weighted by Gasteiger charge is -2.07. The predicted octanol–water partition coefficient (Wildman–Crippen LogP) is 2.81. The molecule has 0 radical (unpaired) electrons. The van der Waals surface area contributed by atoms with E-state index in [0.29, 0.717) is 15.8 Å². The Morgan fingerprint density at radius 1 is 1.44 bits per heavy atom. The smallest absolute Gasteiger partial charge is 0.259 e. The Bertz CT molecular complexity index is 550. The zero-order valence-electron chi connectivity index (χ0n) is 9.36. The van der Waals surface area contributed by atoms with Crippen LogP contribution in [0, 0.1) is 0 Å². The molecule has 1 aromatic heterocycles. The van der Waals surface area contributed by atoms with Crippen molar-refractivity contribution in [1.29, 1.82) is 0 Å². The summed E-state index contributed by atoms with van der Waals surface area (Å²) in [4.78, 5) is 19.0. The number of nitrogens with one attached hydrogen (secondary N) is 1. The Hall–Kier alpha value is -1.29. The van der Waals surface area contributed by atoms with Crippen LogP contribution in [-0.4, -0.2) is 15.2 Å². The van der Waals surface area contributed by atoms with Crippen LogP contribution < -0.4 is 5.56 Å². The van der Waals surface area contributed by atoms with E-state index in [0.717, 1.165) is 11.9 Å². The van der Waals surface area contributed by atoms with Gasteiger partial charge in [0.25, 0.3) is 5.56 Å². The minimum Gasteiger partial charge on any atom is -0.301 e. The molecule has 1 atom stereocenters. The molecule has 0 saturated heterocycles. The monoisotopic (exact) mass is 234 g/mol. The number of aromatic amines is 1. The molecule has 0 aliphatic rings. The number of para-hydroxylation sites is 1. The summed E-state index contributed by atoms with van der Waals surface area (Å²) in [5.41, 5.74) is 0.702. The maximum Gasteiger partial charge on any atom is 0.259 e. The third-order valence-corrected chi connectivity index (χ3v) is 3.63. The van der Waals surface area contributed by atoms with E-state index in [4.69, 9.17) is 0 Å². The lowest BCUT2D eigenvalue weighted by atomic mass is 10.2. The summed E-state index contributed by atoms with van der Waals surface area (Å²) in [6, 6.07) is 7.40. The van der Waals surface area contributed by atoms with Gasteiger partial charge in [-0.1, -0.05) is 37.7 Å². The van der Waals surface area contributed by atoms with Crippen LogP contribution in [0.25, 0.3) is 10.9 Å². The van der Waals surface area contributed by atoms with E-state index in [2.05, 4.69) is 23.8 Å². The van der Waals surface area contributed by atoms with E-state index in [-0.39, 0.29) is 5.56 Å². The Balaban J connectivity index is 2.46. The van der Waals surface area contributed by atoms with Gasteiger partial charge in [-0.15, -0.1) is 0 Å². The molecule has 4 heteroatoms. The highest BCUT2D eigenvalue weighted by Crippen LogP contribution is 2.21. The molecule has 3 nitrogen and oxygen atoms in total. The second-order valence-corrected chi connectivity index (χ2v) is 5.15. The lowest BCUT2D eigenvalue weighted by Crippen LogP contribution is -2.10. The van der Waals surface area contributed by atoms with Gasteiger partial charge in [0.15, 0.2) is 5.16 Å². The van der Waals surface area contributed by atoms with Crippen LogP contribution in [0.15, 0.2) is 34.2 Å². The van der Waals surface area contributed by atoms with Crippen molar-refractivity contribution in [2.45, 2.75) is 30.7 Å². The summed E-state index contributed by atoms with van der Waals surface area (Å²) in [5, 5.41) is 1.82. The zero-order chi connectivity index (χ0) is 11.5. The van der Waals surface area contributed by atoms with Crippen molar-refractivity contribution in [2.75, 3.05) is 0 Å². The van der Waals surface area contributed by atoms with Crippen molar-refractivity contribution in [2.24, 2.45) is 0 Å². The first-order chi connectivity index (χ1) is 7.70. The van der Waals surface area contributed by atoms with Crippen LogP contribution in [0.4, 0.5) is 0 Å². The van der Waals surface area contributed by atoms with Crippen LogP contribution in [-0.2, 0) is 0 Å². The van der Waals surface area contributed by atoms with E-state index in [1.54, 1.807) is 17.8 Å². The summed E-state index contributed by atoms with van der Waals surface area (Å²) < 4.78 is 0. The van der Waals surface area contributed by atoms with E-state index in [1.165, 1.54) is 0 Å². The van der Waals surface area contributed by atoms with Gasteiger partial charge < -0.3 is 4.98 Å². The molecule has 0 aliphatic carbocycles. The average Bonchev–Trinajstić information content (AvgIpc) is 2.29. The summed E-state index contributed by atoms with van der Waals surface area (Å²) in [5.74, 6) is 0. The van der Waals surface area contributed by atoms with Crippen molar-refractivity contribution < 1.29 is 0 Å². The van der Waals surface area contributed by atoms with Gasteiger partial charge >= 0.3 is 0 Å². The van der Waals surface area contributed by atoms with Crippen molar-refractivity contribution in [3.8, 4) is 0 Å². The lowest BCUT2D eigenvalue weighted by molar-refractivity contribution is 0.886. The molecule has 16 heavy (non-hydrogen) atoms. The Labute approximate surface area is 98.3 Å². The van der Waals surface area contributed by atoms with Crippen molar-refractivity contribution in [1.82, 2.24) is 9.97 Å². The molecule has 1 aromatic carbocycles. The number of fused-ring (bicyclic) bond motifs is 1. The zero-order valence-corrected chi connectivity index (χ0v) is 10.2. The van der Waals surface area contributed by atoms with Gasteiger partial charge in [0.05, 0.1) is 10.9 Å². The highest BCUT2D eigenvalue weighted by molar-refractivity contribution is 7.99. The van der Waals surface area contributed by atoms with Crippen LogP contribution in [0.5, 0.6) is 0 Å². The van der Waals surface area contributed by atoms with Gasteiger partial charge in [0.1, 0.15) is 0 Å². The Kier molecular flexibility index (Phi) is 3.29. The number of benzene rings is 1. The van der Waals surface area contributed by atoms with E-state index in [1.807, 2.05) is 18.2 Å². The van der Waals surface area contributed by atoms with E-state index in [9.17, 15) is 4.79 Å². The fourth-order valence-corrected chi connectivity index (χ4v) is 2.25. The predicted molar refractivity (Wildman–Crippen MR) is 68.0 cm³/mol. The maximum absolute atomic E-state index is 11.8. The van der Waals surface area contributed by atoms with Crippen LogP contribution in [0.1, 0.15) is 20.3 Å². The van der Waals surface area contributed by atoms with Crippen molar-refractivity contribution in [3.05, 3.63) is 34.6 Å². The number of aromatic nitrogens is 2. The second-order valence-electron chi connectivity index (χ2n) is 3.72. The van der Waals surface area contributed by atoms with Crippen molar-refractivity contribution >= 4 is 22.7 Å². The van der Waals surface area contributed by atoms with Gasteiger partial charge in [-0.25, -0.2) is 4.98 Å². The molecule has 0 aliphatic heterocycles. The van der Waals surface area contributed by atoms with E-state index >= 15 is 0 Å². The number of rotatable bonds is 3. The Morgan fingerprint density at radius 2 is 2.19 bits per heavy atom. The van der Waals surface area contributed by atoms with Crippen LogP contribution in [0.3, 0.4) is 0 Å². The summed E-state index contributed by atoms with van der Waals surface area (Å²) in [6.07, 6.45) is 1.06. The first-order valence-electron chi connectivity index (χ1n) is 5.36. The molecule has 1 heterocycles. The largest absolute Gasteiger partial charge is 0.301 e. The van der Waals surface area contributed by atoms with E-state index < -0.39 is 0 Å².